The van der Waals surface area contributed by atoms with Crippen molar-refractivity contribution in [3.05, 3.63) is 0 Å². The van der Waals surface area contributed by atoms with Gasteiger partial charge >= 0.3 is 6.09 Å². The molecule has 0 aliphatic carbocycles. The Kier molecular flexibility index (Phi) is 12.3. The Morgan fingerprint density at radius 1 is 1.00 bits per heavy atom. The monoisotopic (exact) mass is 344 g/mol. The van der Waals surface area contributed by atoms with Crippen molar-refractivity contribution in [2.24, 2.45) is 0 Å². The van der Waals surface area contributed by atoms with Crippen molar-refractivity contribution < 1.29 is 19.1 Å². The topological polar surface area (TPSA) is 67.9 Å². The number of carbonyl (C=O) groups is 2. The Balaban J connectivity index is 3.83. The summed E-state index contributed by atoms with van der Waals surface area (Å²) in [5.41, 5.74) is -0.502. The van der Waals surface area contributed by atoms with Gasteiger partial charge in [-0.05, 0) is 33.6 Å². The van der Waals surface area contributed by atoms with Gasteiger partial charge in [0.05, 0.1) is 19.6 Å². The van der Waals surface area contributed by atoms with Crippen LogP contribution < -0.4 is 5.32 Å². The first-order valence-electron chi connectivity index (χ1n) is 9.12. The van der Waals surface area contributed by atoms with E-state index in [1.165, 1.54) is 0 Å². The summed E-state index contributed by atoms with van der Waals surface area (Å²) in [5, 5.41) is 2.62. The SMILES string of the molecule is CCCCN(CCCC)C(=O)CCOCCNC(=O)OC(C)(C)C. The lowest BCUT2D eigenvalue weighted by Crippen LogP contribution is -2.35. The first-order chi connectivity index (χ1) is 11.3. The minimum Gasteiger partial charge on any atom is -0.444 e. The van der Waals surface area contributed by atoms with E-state index in [1.807, 2.05) is 25.7 Å². The highest BCUT2D eigenvalue weighted by Gasteiger charge is 2.15. The maximum atomic E-state index is 12.2. The van der Waals surface area contributed by atoms with Crippen molar-refractivity contribution in [1.29, 1.82) is 0 Å². The Bertz CT molecular complexity index is 345. The van der Waals surface area contributed by atoms with Crippen LogP contribution in [0.5, 0.6) is 0 Å². The van der Waals surface area contributed by atoms with Gasteiger partial charge in [-0.2, -0.15) is 0 Å². The first-order valence-corrected chi connectivity index (χ1v) is 9.12. The van der Waals surface area contributed by atoms with Crippen LogP contribution in [0.1, 0.15) is 66.7 Å². The number of amides is 2. The number of alkyl carbamates (subject to hydrolysis) is 1. The molecule has 0 heterocycles. The Hall–Kier alpha value is -1.30. The van der Waals surface area contributed by atoms with Gasteiger partial charge in [0, 0.05) is 19.6 Å². The molecule has 6 nitrogen and oxygen atoms in total. The molecule has 0 aliphatic rings. The molecule has 0 fully saturated rings. The highest BCUT2D eigenvalue weighted by molar-refractivity contribution is 5.76. The lowest BCUT2D eigenvalue weighted by Gasteiger charge is -2.22. The smallest absolute Gasteiger partial charge is 0.407 e. The fraction of sp³-hybridized carbons (Fsp3) is 0.889. The fourth-order valence-electron chi connectivity index (χ4n) is 2.02. The third-order valence-electron chi connectivity index (χ3n) is 3.29. The molecule has 6 heteroatoms. The quantitative estimate of drug-likeness (QED) is 0.551. The number of rotatable bonds is 12. The zero-order chi connectivity index (χ0) is 18.4. The summed E-state index contributed by atoms with van der Waals surface area (Å²) in [5.74, 6) is 0.150. The third kappa shape index (κ3) is 13.2. The molecule has 0 aromatic carbocycles. The van der Waals surface area contributed by atoms with E-state index in [4.69, 9.17) is 9.47 Å². The van der Waals surface area contributed by atoms with Crippen molar-refractivity contribution in [1.82, 2.24) is 10.2 Å². The Morgan fingerprint density at radius 3 is 2.08 bits per heavy atom. The van der Waals surface area contributed by atoms with Crippen LogP contribution >= 0.6 is 0 Å². The molecule has 0 saturated carbocycles. The number of unbranched alkanes of at least 4 members (excludes halogenated alkanes) is 2. The molecule has 0 unspecified atom stereocenters. The summed E-state index contributed by atoms with van der Waals surface area (Å²) in [6.45, 7) is 12.5. The molecule has 0 radical (unpaired) electrons. The molecule has 0 spiro atoms. The van der Waals surface area contributed by atoms with Crippen LogP contribution in [0.25, 0.3) is 0 Å². The standard InChI is InChI=1S/C18H36N2O4/c1-6-8-12-20(13-9-7-2)16(21)10-14-23-15-11-19-17(22)24-18(3,4)5/h6-15H2,1-5H3,(H,19,22). The molecular formula is C18H36N2O4. The molecule has 0 atom stereocenters. The molecule has 0 aliphatic heterocycles. The van der Waals surface area contributed by atoms with Crippen LogP contribution in [0.4, 0.5) is 4.79 Å². The van der Waals surface area contributed by atoms with E-state index >= 15 is 0 Å². The number of hydrogen-bond acceptors (Lipinski definition) is 4. The number of nitrogens with zero attached hydrogens (tertiary/aromatic N) is 1. The van der Waals surface area contributed by atoms with Crippen LogP contribution in [-0.2, 0) is 14.3 Å². The minimum atomic E-state index is -0.502. The second-order valence-corrected chi connectivity index (χ2v) is 6.88. The Morgan fingerprint density at radius 2 is 1.58 bits per heavy atom. The molecular weight excluding hydrogens is 308 g/mol. The summed E-state index contributed by atoms with van der Waals surface area (Å²) in [6.07, 6.45) is 4.19. The van der Waals surface area contributed by atoms with E-state index in [0.29, 0.717) is 26.2 Å². The van der Waals surface area contributed by atoms with Gasteiger partial charge in [-0.15, -0.1) is 0 Å². The van der Waals surface area contributed by atoms with Crippen LogP contribution in [-0.4, -0.2) is 55.3 Å². The van der Waals surface area contributed by atoms with Gasteiger partial charge in [0.2, 0.25) is 5.91 Å². The second kappa shape index (κ2) is 13.0. The highest BCUT2D eigenvalue weighted by Crippen LogP contribution is 2.06. The molecule has 0 bridgehead atoms. The highest BCUT2D eigenvalue weighted by atomic mass is 16.6. The molecule has 0 aromatic heterocycles. The van der Waals surface area contributed by atoms with Gasteiger partial charge in [0.1, 0.15) is 5.60 Å². The van der Waals surface area contributed by atoms with Crippen molar-refractivity contribution >= 4 is 12.0 Å². The summed E-state index contributed by atoms with van der Waals surface area (Å²) in [4.78, 5) is 25.6. The van der Waals surface area contributed by atoms with Gasteiger partial charge in [0.15, 0.2) is 0 Å². The molecule has 142 valence electrons. The summed E-state index contributed by atoms with van der Waals surface area (Å²) in [7, 11) is 0. The van der Waals surface area contributed by atoms with Crippen molar-refractivity contribution in [2.45, 2.75) is 72.3 Å². The van der Waals surface area contributed by atoms with E-state index in [1.54, 1.807) is 0 Å². The predicted molar refractivity (Wildman–Crippen MR) is 96.1 cm³/mol. The number of ether oxygens (including phenoxy) is 2. The molecule has 0 aromatic rings. The molecule has 1 N–H and O–H groups in total. The van der Waals surface area contributed by atoms with Gasteiger partial charge in [-0.25, -0.2) is 4.79 Å². The third-order valence-corrected chi connectivity index (χ3v) is 3.29. The van der Waals surface area contributed by atoms with Crippen LogP contribution in [0, 0.1) is 0 Å². The zero-order valence-corrected chi connectivity index (χ0v) is 16.2. The molecule has 0 rings (SSSR count). The average Bonchev–Trinajstić information content (AvgIpc) is 2.48. The average molecular weight is 344 g/mol. The van der Waals surface area contributed by atoms with E-state index in [9.17, 15) is 9.59 Å². The van der Waals surface area contributed by atoms with Crippen LogP contribution in [0.15, 0.2) is 0 Å². The van der Waals surface area contributed by atoms with E-state index in [-0.39, 0.29) is 5.91 Å². The maximum Gasteiger partial charge on any atom is 0.407 e. The lowest BCUT2D eigenvalue weighted by molar-refractivity contribution is -0.132. The number of hydrogen-bond donors (Lipinski definition) is 1. The molecule has 2 amide bonds. The summed E-state index contributed by atoms with van der Waals surface area (Å²) in [6, 6.07) is 0. The summed E-state index contributed by atoms with van der Waals surface area (Å²) >= 11 is 0. The maximum absolute atomic E-state index is 12.2. The number of nitrogens with one attached hydrogen (secondary N) is 1. The van der Waals surface area contributed by atoms with Crippen molar-refractivity contribution in [3.8, 4) is 0 Å². The first kappa shape index (κ1) is 22.7. The van der Waals surface area contributed by atoms with Crippen LogP contribution in [0.3, 0.4) is 0 Å². The van der Waals surface area contributed by atoms with Gasteiger partial charge in [-0.1, -0.05) is 26.7 Å². The predicted octanol–water partition coefficient (Wildman–Crippen LogP) is 3.35. The molecule has 0 saturated heterocycles. The van der Waals surface area contributed by atoms with Crippen LogP contribution in [0.2, 0.25) is 0 Å². The van der Waals surface area contributed by atoms with Crippen molar-refractivity contribution in [2.75, 3.05) is 32.8 Å². The van der Waals surface area contributed by atoms with E-state index in [2.05, 4.69) is 19.2 Å². The van der Waals surface area contributed by atoms with Gasteiger partial charge < -0.3 is 19.7 Å². The normalized spacial score (nSPS) is 11.2. The van der Waals surface area contributed by atoms with E-state index < -0.39 is 11.7 Å². The fourth-order valence-corrected chi connectivity index (χ4v) is 2.02. The largest absolute Gasteiger partial charge is 0.444 e. The summed E-state index contributed by atoms with van der Waals surface area (Å²) < 4.78 is 10.5. The molecule has 24 heavy (non-hydrogen) atoms. The minimum absolute atomic E-state index is 0.150. The second-order valence-electron chi connectivity index (χ2n) is 6.88. The van der Waals surface area contributed by atoms with Gasteiger partial charge in [-0.3, -0.25) is 4.79 Å². The van der Waals surface area contributed by atoms with E-state index in [0.717, 1.165) is 38.8 Å². The number of carbonyl (C=O) groups excluding carboxylic acids is 2. The Labute approximate surface area is 147 Å². The van der Waals surface area contributed by atoms with Crippen molar-refractivity contribution in [3.63, 3.8) is 0 Å². The van der Waals surface area contributed by atoms with Gasteiger partial charge in [0.25, 0.3) is 0 Å². The zero-order valence-electron chi connectivity index (χ0n) is 16.2. The lowest BCUT2D eigenvalue weighted by atomic mass is 10.2.